The van der Waals surface area contributed by atoms with E-state index in [2.05, 4.69) is 5.32 Å². The van der Waals surface area contributed by atoms with Gasteiger partial charge in [0, 0.05) is 34.8 Å². The Balaban J connectivity index is 1.45. The van der Waals surface area contributed by atoms with Gasteiger partial charge in [0.1, 0.15) is 18.0 Å². The number of nitrogens with one attached hydrogen (secondary N) is 2. The maximum atomic E-state index is 13.0. The highest BCUT2D eigenvalue weighted by Gasteiger charge is 2.56. The number of carbonyl (C=O) groups excluding carboxylic acids is 2. The number of aliphatic hydroxyl groups is 1. The summed E-state index contributed by atoms with van der Waals surface area (Å²) in [5.74, 6) is -2.20. The first-order valence-corrected chi connectivity index (χ1v) is 14.5. The van der Waals surface area contributed by atoms with Crippen LogP contribution in [0.25, 0.3) is 0 Å². The van der Waals surface area contributed by atoms with E-state index in [0.29, 0.717) is 45.9 Å². The van der Waals surface area contributed by atoms with E-state index in [0.717, 1.165) is 18.1 Å². The molecule has 2 bridgehead atoms. The molecule has 5 N–H and O–H groups in total. The lowest BCUT2D eigenvalue weighted by Crippen LogP contribution is -2.69. The van der Waals surface area contributed by atoms with Crippen molar-refractivity contribution in [1.29, 1.82) is 0 Å². The maximum Gasteiger partial charge on any atom is 0.471 e. The molecule has 2 aromatic carbocycles. The highest BCUT2D eigenvalue weighted by molar-refractivity contribution is 5.89. The van der Waals surface area contributed by atoms with E-state index in [9.17, 15) is 38.1 Å². The summed E-state index contributed by atoms with van der Waals surface area (Å²) in [5, 5.41) is 39.2. The largest absolute Gasteiger partial charge is 0.507 e. The number of carbonyl (C=O) groups is 2. The molecule has 1 saturated heterocycles. The zero-order chi connectivity index (χ0) is 32.7. The fourth-order valence-electron chi connectivity index (χ4n) is 7.55. The predicted octanol–water partition coefficient (Wildman–Crippen LogP) is 1.83. The molecule has 6 atom stereocenters. The third-order valence-electron chi connectivity index (χ3n) is 9.59. The highest BCUT2D eigenvalue weighted by Crippen LogP contribution is 2.57. The monoisotopic (exact) mass is 636 g/mol. The van der Waals surface area contributed by atoms with E-state index < -0.39 is 54.4 Å². The smallest absolute Gasteiger partial charge is 0.471 e. The van der Waals surface area contributed by atoms with E-state index >= 15 is 0 Å². The Bertz CT molecular complexity index is 1580. The van der Waals surface area contributed by atoms with Crippen LogP contribution in [-0.4, -0.2) is 95.0 Å². The lowest BCUT2D eigenvalue weighted by Gasteiger charge is -2.60. The van der Waals surface area contributed by atoms with Crippen LogP contribution in [-0.2, 0) is 22.4 Å². The topological polar surface area (TPSA) is 153 Å². The summed E-state index contributed by atoms with van der Waals surface area (Å²) in [7, 11) is 3.32. The Morgan fingerprint density at radius 2 is 1.80 bits per heavy atom. The quantitative estimate of drug-likeness (QED) is 0.329. The molecular weight excluding hydrogens is 601 g/mol. The number of amides is 2. The summed E-state index contributed by atoms with van der Waals surface area (Å²) in [6, 6.07) is -1.92. The van der Waals surface area contributed by atoms with Gasteiger partial charge in [0.2, 0.25) is 12.7 Å². The molecule has 45 heavy (non-hydrogen) atoms. The van der Waals surface area contributed by atoms with Crippen LogP contribution in [0.4, 0.5) is 13.2 Å². The Kier molecular flexibility index (Phi) is 7.48. The van der Waals surface area contributed by atoms with Crippen LogP contribution in [0.5, 0.6) is 28.7 Å². The van der Waals surface area contributed by atoms with Gasteiger partial charge in [-0.1, -0.05) is 6.07 Å². The number of alkyl halides is 3. The number of nitrogens with zero attached hydrogens (tertiary/aromatic N) is 2. The first-order valence-electron chi connectivity index (χ1n) is 14.5. The predicted molar refractivity (Wildman–Crippen MR) is 151 cm³/mol. The molecule has 0 saturated carbocycles. The number of aliphatic hydroxyl groups excluding tert-OH is 1. The van der Waals surface area contributed by atoms with Gasteiger partial charge in [0.25, 0.3) is 0 Å². The molecule has 15 heteroatoms. The molecule has 1 unspecified atom stereocenters. The lowest BCUT2D eigenvalue weighted by molar-refractivity contribution is -0.175. The number of aromatic hydroxyl groups is 2. The average Bonchev–Trinajstić information content (AvgIpc) is 3.46. The lowest BCUT2D eigenvalue weighted by atomic mass is 9.73. The van der Waals surface area contributed by atoms with Gasteiger partial charge in [0.05, 0.1) is 25.2 Å². The standard InChI is InChI=1S/C30H35F3N4O8/c1-11-6-14-7-17-28(41)37-16(21(36(17)4)19(14)23(39)24(11)43-5)8-15-20(26-25(44-10-45-26)12(2)22(15)38)18(37)9-34-27(40)13(3)35-29(42)30(31,32)33/h6,13,16-18,21,28,38-39,41H,7-10H2,1-5H3,(H,34,40)(H,35,42)/t13-,16?,17+,18-,21+,28-/m0/s1. The first-order chi connectivity index (χ1) is 21.2. The van der Waals surface area contributed by atoms with Crippen molar-refractivity contribution in [3.63, 3.8) is 0 Å². The van der Waals surface area contributed by atoms with Crippen molar-refractivity contribution in [2.45, 2.75) is 76.2 Å². The molecule has 244 valence electrons. The Labute approximate surface area is 256 Å². The van der Waals surface area contributed by atoms with Crippen molar-refractivity contribution in [1.82, 2.24) is 20.4 Å². The molecule has 0 radical (unpaired) electrons. The fraction of sp³-hybridized carbons (Fsp3) is 0.533. The van der Waals surface area contributed by atoms with Crippen LogP contribution in [0.1, 0.15) is 52.4 Å². The highest BCUT2D eigenvalue weighted by atomic mass is 19.4. The second-order valence-corrected chi connectivity index (χ2v) is 12.0. The van der Waals surface area contributed by atoms with Crippen molar-refractivity contribution in [2.24, 2.45) is 0 Å². The summed E-state index contributed by atoms with van der Waals surface area (Å²) in [6.45, 7) is 4.30. The summed E-state index contributed by atoms with van der Waals surface area (Å²) in [5.41, 5.74) is 3.65. The van der Waals surface area contributed by atoms with Gasteiger partial charge in [-0.25, -0.2) is 0 Å². The number of likely N-dealkylation sites (N-methyl/N-ethyl adjacent to an activating group) is 1. The number of benzene rings is 2. The molecule has 4 heterocycles. The van der Waals surface area contributed by atoms with Crippen molar-refractivity contribution in [2.75, 3.05) is 27.5 Å². The van der Waals surface area contributed by atoms with E-state index in [4.69, 9.17) is 14.2 Å². The summed E-state index contributed by atoms with van der Waals surface area (Å²) in [6.07, 6.45) is -5.67. The number of fused-ring (bicyclic) bond motifs is 9. The molecule has 0 aromatic heterocycles. The van der Waals surface area contributed by atoms with Gasteiger partial charge in [-0.2, -0.15) is 13.2 Å². The summed E-state index contributed by atoms with van der Waals surface area (Å²) >= 11 is 0. The molecule has 4 aliphatic heterocycles. The van der Waals surface area contributed by atoms with E-state index in [-0.39, 0.29) is 31.3 Å². The van der Waals surface area contributed by atoms with E-state index in [1.807, 2.05) is 29.8 Å². The normalized spacial score (nSPS) is 25.9. The van der Waals surface area contributed by atoms with Crippen molar-refractivity contribution >= 4 is 11.8 Å². The zero-order valence-electron chi connectivity index (χ0n) is 25.3. The average molecular weight is 637 g/mol. The number of methoxy groups -OCH3 is 1. The molecule has 2 aromatic rings. The van der Waals surface area contributed by atoms with E-state index in [1.165, 1.54) is 7.11 Å². The first kappa shape index (κ1) is 31.0. The van der Waals surface area contributed by atoms with Crippen LogP contribution in [0.2, 0.25) is 0 Å². The van der Waals surface area contributed by atoms with Gasteiger partial charge >= 0.3 is 12.1 Å². The van der Waals surface area contributed by atoms with Crippen molar-refractivity contribution in [3.8, 4) is 28.7 Å². The molecule has 2 amide bonds. The summed E-state index contributed by atoms with van der Waals surface area (Å²) in [4.78, 5) is 28.2. The number of phenols is 2. The van der Waals surface area contributed by atoms with Gasteiger partial charge in [0.15, 0.2) is 23.0 Å². The second-order valence-electron chi connectivity index (χ2n) is 12.0. The molecular formula is C30H35F3N4O8. The number of hydrogen-bond donors (Lipinski definition) is 5. The van der Waals surface area contributed by atoms with Crippen LogP contribution in [0.15, 0.2) is 6.07 Å². The third-order valence-corrected chi connectivity index (χ3v) is 9.59. The van der Waals surface area contributed by atoms with Crippen molar-refractivity contribution < 1.29 is 52.3 Å². The van der Waals surface area contributed by atoms with Crippen LogP contribution < -0.4 is 24.8 Å². The molecule has 0 aliphatic carbocycles. The van der Waals surface area contributed by atoms with Crippen LogP contribution in [0, 0.1) is 13.8 Å². The van der Waals surface area contributed by atoms with Crippen LogP contribution in [0.3, 0.4) is 0 Å². The molecule has 6 rings (SSSR count). The maximum absolute atomic E-state index is 13.0. The zero-order valence-corrected chi connectivity index (χ0v) is 25.3. The minimum atomic E-state index is -5.16. The molecule has 1 fully saturated rings. The Morgan fingerprint density at radius 1 is 1.11 bits per heavy atom. The number of hydrogen-bond acceptors (Lipinski definition) is 10. The summed E-state index contributed by atoms with van der Waals surface area (Å²) < 4.78 is 55.5. The minimum Gasteiger partial charge on any atom is -0.507 e. The number of aryl methyl sites for hydroxylation is 1. The molecule has 12 nitrogen and oxygen atoms in total. The minimum absolute atomic E-state index is 0.0184. The van der Waals surface area contributed by atoms with Gasteiger partial charge in [-0.3, -0.25) is 19.4 Å². The number of piperazine rings is 1. The third kappa shape index (κ3) is 4.70. The molecule has 0 spiro atoms. The Hall–Kier alpha value is -3.95. The number of halogens is 3. The number of rotatable bonds is 5. The number of phenolic OH excluding ortho intramolecular Hbond substituents is 2. The second kappa shape index (κ2) is 10.8. The molecule has 4 aliphatic rings. The van der Waals surface area contributed by atoms with Gasteiger partial charge < -0.3 is 40.2 Å². The van der Waals surface area contributed by atoms with Crippen LogP contribution >= 0.6 is 0 Å². The van der Waals surface area contributed by atoms with E-state index in [1.54, 1.807) is 12.2 Å². The SMILES string of the molecule is COc1c(C)cc2c(c1O)[C@H]1C3Cc4c(O)c(C)c5c(c4[C@H](CNC(=O)[C@H](C)NC(=O)C(F)(F)F)N3[C@@H](O)[C@@H](C2)N1C)OCO5. The van der Waals surface area contributed by atoms with Gasteiger partial charge in [-0.15, -0.1) is 0 Å². The van der Waals surface area contributed by atoms with Crippen molar-refractivity contribution in [3.05, 3.63) is 39.4 Å². The Morgan fingerprint density at radius 3 is 2.47 bits per heavy atom. The van der Waals surface area contributed by atoms with Gasteiger partial charge in [-0.05, 0) is 51.8 Å². The fourth-order valence-corrected chi connectivity index (χ4v) is 7.55. The number of ether oxygens (including phenoxy) is 3.